The predicted octanol–water partition coefficient (Wildman–Crippen LogP) is 3.04. The maximum Gasteiger partial charge on any atom is 0.347 e. The fraction of sp³-hybridized carbons (Fsp3) is 0.391. The van der Waals surface area contributed by atoms with Crippen molar-refractivity contribution < 1.29 is 4.42 Å². The van der Waals surface area contributed by atoms with E-state index in [1.165, 1.54) is 0 Å². The van der Waals surface area contributed by atoms with Gasteiger partial charge in [0.05, 0.1) is 22.6 Å². The van der Waals surface area contributed by atoms with Crippen LogP contribution < -0.4 is 10.5 Å². The zero-order chi connectivity index (χ0) is 21.7. The monoisotopic (exact) mass is 418 g/mol. The lowest BCUT2D eigenvalue weighted by molar-refractivity contribution is 0.199. The molecule has 160 valence electrons. The van der Waals surface area contributed by atoms with Gasteiger partial charge in [0.15, 0.2) is 5.65 Å². The fourth-order valence-electron chi connectivity index (χ4n) is 4.45. The Morgan fingerprint density at radius 2 is 1.97 bits per heavy atom. The number of fused-ring (bicyclic) bond motifs is 2. The van der Waals surface area contributed by atoms with Gasteiger partial charge in [0.1, 0.15) is 5.82 Å². The van der Waals surface area contributed by atoms with E-state index >= 15 is 0 Å². The van der Waals surface area contributed by atoms with Crippen molar-refractivity contribution in [3.63, 3.8) is 0 Å². The topological polar surface area (TPSA) is 79.8 Å². The van der Waals surface area contributed by atoms with E-state index in [1.54, 1.807) is 0 Å². The van der Waals surface area contributed by atoms with E-state index in [4.69, 9.17) is 4.42 Å². The lowest BCUT2D eigenvalue weighted by Crippen LogP contribution is -2.51. The van der Waals surface area contributed by atoms with Gasteiger partial charge in [-0.2, -0.15) is 4.98 Å². The molecule has 8 heteroatoms. The van der Waals surface area contributed by atoms with Gasteiger partial charge in [0.2, 0.25) is 5.71 Å². The largest absolute Gasteiger partial charge is 0.403 e. The number of likely N-dealkylation sites (N-methyl/N-ethyl adjacent to an activating group) is 1. The molecule has 0 N–H and O–H groups in total. The highest BCUT2D eigenvalue weighted by atomic mass is 16.4. The molecule has 0 amide bonds. The molecule has 1 aliphatic heterocycles. The highest BCUT2D eigenvalue weighted by molar-refractivity contribution is 5.80. The van der Waals surface area contributed by atoms with Crippen molar-refractivity contribution >= 4 is 22.6 Å². The van der Waals surface area contributed by atoms with Crippen LogP contribution in [0.25, 0.3) is 28.0 Å². The minimum Gasteiger partial charge on any atom is -0.403 e. The summed E-state index contributed by atoms with van der Waals surface area (Å²) in [6.45, 7) is 12.1. The summed E-state index contributed by atoms with van der Waals surface area (Å²) in [7, 11) is 0. The molecule has 0 bridgehead atoms. The highest BCUT2D eigenvalue weighted by Gasteiger charge is 2.23. The van der Waals surface area contributed by atoms with Gasteiger partial charge >= 0.3 is 5.63 Å². The summed E-state index contributed by atoms with van der Waals surface area (Å²) in [6.07, 6.45) is 3.74. The first-order chi connectivity index (χ1) is 14.9. The van der Waals surface area contributed by atoms with Gasteiger partial charge in [-0.05, 0) is 45.5 Å². The van der Waals surface area contributed by atoms with Crippen LogP contribution in [-0.4, -0.2) is 56.5 Å². The third kappa shape index (κ3) is 3.46. The maximum absolute atomic E-state index is 12.8. The summed E-state index contributed by atoms with van der Waals surface area (Å²) in [5.41, 5.74) is 3.36. The van der Waals surface area contributed by atoms with Gasteiger partial charge in [-0.15, -0.1) is 0 Å². The van der Waals surface area contributed by atoms with Crippen LogP contribution >= 0.6 is 0 Å². The van der Waals surface area contributed by atoms with Gasteiger partial charge in [-0.25, -0.2) is 9.78 Å². The van der Waals surface area contributed by atoms with Crippen molar-refractivity contribution in [3.8, 4) is 11.3 Å². The van der Waals surface area contributed by atoms with Crippen molar-refractivity contribution in [3.05, 3.63) is 52.4 Å². The van der Waals surface area contributed by atoms with Crippen molar-refractivity contribution in [2.75, 3.05) is 31.1 Å². The smallest absolute Gasteiger partial charge is 0.347 e. The molecular formula is C23H26N6O2. The second kappa shape index (κ2) is 7.46. The Morgan fingerprint density at radius 3 is 2.74 bits per heavy atom. The number of anilines is 1. The number of rotatable bonds is 3. The number of pyridine rings is 1. The summed E-state index contributed by atoms with van der Waals surface area (Å²) in [5.74, 6) is 0.843. The predicted molar refractivity (Wildman–Crippen MR) is 121 cm³/mol. The average Bonchev–Trinajstić information content (AvgIpc) is 3.17. The van der Waals surface area contributed by atoms with E-state index in [-0.39, 0.29) is 0 Å². The molecule has 0 saturated carbocycles. The Balaban J connectivity index is 1.51. The van der Waals surface area contributed by atoms with Crippen LogP contribution in [0.3, 0.4) is 0 Å². The summed E-state index contributed by atoms with van der Waals surface area (Å²) in [5, 5.41) is 0.779. The molecule has 1 fully saturated rings. The molecule has 4 aromatic rings. The number of nitrogens with zero attached hydrogens (tertiary/aromatic N) is 6. The van der Waals surface area contributed by atoms with Crippen LogP contribution in [0.4, 0.5) is 5.82 Å². The van der Waals surface area contributed by atoms with E-state index in [1.807, 2.05) is 48.8 Å². The standard InChI is InChI=1S/C23H26N6O2/c1-5-27-8-9-28(12-15(27)3)20-7-6-17-10-18(23(30)31-22(17)26-20)19-13-29-11-14(2)24-16(4)21(29)25-19/h6-7,10-11,13,15H,5,8-9,12H2,1-4H3. The molecule has 1 aliphatic rings. The molecule has 5 heterocycles. The Kier molecular flexibility index (Phi) is 4.74. The first-order valence-electron chi connectivity index (χ1n) is 10.7. The summed E-state index contributed by atoms with van der Waals surface area (Å²) < 4.78 is 7.53. The van der Waals surface area contributed by atoms with Crippen LogP contribution in [0.1, 0.15) is 25.2 Å². The Labute approximate surface area is 180 Å². The molecule has 0 aromatic carbocycles. The molecule has 31 heavy (non-hydrogen) atoms. The number of imidazole rings is 1. The van der Waals surface area contributed by atoms with Crippen LogP contribution in [0, 0.1) is 13.8 Å². The normalized spacial score (nSPS) is 17.7. The zero-order valence-corrected chi connectivity index (χ0v) is 18.3. The van der Waals surface area contributed by atoms with Crippen LogP contribution in [0.5, 0.6) is 0 Å². The molecule has 0 radical (unpaired) electrons. The lowest BCUT2D eigenvalue weighted by Gasteiger charge is -2.39. The van der Waals surface area contributed by atoms with Gasteiger partial charge in [-0.1, -0.05) is 6.92 Å². The van der Waals surface area contributed by atoms with E-state index in [2.05, 4.69) is 38.6 Å². The van der Waals surface area contributed by atoms with Crippen molar-refractivity contribution in [2.45, 2.75) is 33.7 Å². The van der Waals surface area contributed by atoms with Gasteiger partial charge in [0, 0.05) is 43.5 Å². The number of piperazine rings is 1. The van der Waals surface area contributed by atoms with Crippen molar-refractivity contribution in [2.24, 2.45) is 0 Å². The molecule has 1 saturated heterocycles. The molecule has 1 unspecified atom stereocenters. The van der Waals surface area contributed by atoms with Crippen LogP contribution in [0.2, 0.25) is 0 Å². The molecule has 8 nitrogen and oxygen atoms in total. The lowest BCUT2D eigenvalue weighted by atomic mass is 10.1. The minimum atomic E-state index is -0.438. The van der Waals surface area contributed by atoms with Gasteiger partial charge in [0.25, 0.3) is 0 Å². The third-order valence-electron chi connectivity index (χ3n) is 6.08. The molecule has 4 aromatic heterocycles. The third-order valence-corrected chi connectivity index (χ3v) is 6.08. The first kappa shape index (κ1) is 19.7. The fourth-order valence-corrected chi connectivity index (χ4v) is 4.45. The molecule has 1 atom stereocenters. The quantitative estimate of drug-likeness (QED) is 0.506. The number of hydrogen-bond donors (Lipinski definition) is 0. The molecule has 0 aliphatic carbocycles. The van der Waals surface area contributed by atoms with Crippen LogP contribution in [0.15, 0.2) is 39.8 Å². The molecule has 0 spiro atoms. The zero-order valence-electron chi connectivity index (χ0n) is 18.3. The van der Waals surface area contributed by atoms with Gasteiger partial charge < -0.3 is 13.7 Å². The van der Waals surface area contributed by atoms with Crippen LogP contribution in [-0.2, 0) is 0 Å². The van der Waals surface area contributed by atoms with Gasteiger partial charge in [-0.3, -0.25) is 9.88 Å². The number of hydrogen-bond acceptors (Lipinski definition) is 7. The number of aromatic nitrogens is 4. The summed E-state index contributed by atoms with van der Waals surface area (Å²) >= 11 is 0. The van der Waals surface area contributed by atoms with Crippen molar-refractivity contribution in [1.82, 2.24) is 24.3 Å². The van der Waals surface area contributed by atoms with E-state index in [0.717, 1.165) is 54.4 Å². The Hall–Kier alpha value is -3.26. The SMILES string of the molecule is CCN1CCN(c2ccc3cc(-c4cn5cc(C)nc(C)c5n4)c(=O)oc3n2)CC1C. The Bertz CT molecular complexity index is 1340. The van der Waals surface area contributed by atoms with E-state index in [0.29, 0.717) is 23.0 Å². The first-order valence-corrected chi connectivity index (χ1v) is 10.7. The maximum atomic E-state index is 12.8. The second-order valence-electron chi connectivity index (χ2n) is 8.26. The summed E-state index contributed by atoms with van der Waals surface area (Å²) in [4.78, 5) is 31.2. The Morgan fingerprint density at radius 1 is 1.13 bits per heavy atom. The minimum absolute atomic E-state index is 0.356. The highest BCUT2D eigenvalue weighted by Crippen LogP contribution is 2.24. The van der Waals surface area contributed by atoms with E-state index in [9.17, 15) is 4.79 Å². The molecule has 5 rings (SSSR count). The van der Waals surface area contributed by atoms with Crippen molar-refractivity contribution in [1.29, 1.82) is 0 Å². The average molecular weight is 419 g/mol. The summed E-state index contributed by atoms with van der Waals surface area (Å²) in [6, 6.07) is 6.24. The second-order valence-corrected chi connectivity index (χ2v) is 8.26. The molecular weight excluding hydrogens is 392 g/mol. The number of aryl methyl sites for hydroxylation is 2. The van der Waals surface area contributed by atoms with E-state index < -0.39 is 5.63 Å².